The summed E-state index contributed by atoms with van der Waals surface area (Å²) >= 11 is 0. The highest BCUT2D eigenvalue weighted by Crippen LogP contribution is 2.38. The van der Waals surface area contributed by atoms with Crippen molar-refractivity contribution in [1.82, 2.24) is 0 Å². The molecule has 0 aliphatic rings. The Kier molecular flexibility index (Phi) is 5.06. The number of anilines is 1. The molecular weight excluding hydrogens is 302 g/mol. The number of nitrogens with zero attached hydrogens (tertiary/aromatic N) is 2. The Morgan fingerprint density at radius 2 is 1.76 bits per heavy atom. The van der Waals surface area contributed by atoms with Gasteiger partial charge < -0.3 is 10.0 Å². The minimum absolute atomic E-state index is 0.318. The second kappa shape index (κ2) is 6.22. The molecule has 116 valence electrons. The van der Waals surface area contributed by atoms with Crippen LogP contribution >= 0.6 is 0 Å². The van der Waals surface area contributed by atoms with Gasteiger partial charge in [-0.25, -0.2) is 0 Å². The number of hydrogen-bond acceptors (Lipinski definition) is 3. The minimum Gasteiger partial charge on any atom is -0.395 e. The van der Waals surface area contributed by atoms with E-state index in [-0.39, 0.29) is 5.56 Å². The van der Waals surface area contributed by atoms with Crippen LogP contribution in [0.15, 0.2) is 18.2 Å². The molecule has 1 aromatic rings. The lowest BCUT2D eigenvalue weighted by Gasteiger charge is -2.28. The van der Waals surface area contributed by atoms with Crippen molar-refractivity contribution in [2.75, 3.05) is 24.6 Å². The molecule has 0 bridgehead atoms. The lowest BCUT2D eigenvalue weighted by Crippen LogP contribution is -2.37. The van der Waals surface area contributed by atoms with Crippen LogP contribution in [0.4, 0.5) is 32.0 Å². The van der Waals surface area contributed by atoms with Crippen LogP contribution in [-0.2, 0) is 6.18 Å². The van der Waals surface area contributed by atoms with Crippen molar-refractivity contribution >= 4 is 5.69 Å². The molecule has 0 aromatic heterocycles. The summed E-state index contributed by atoms with van der Waals surface area (Å²) in [5, 5.41) is 17.3. The SMILES string of the molecule is N#Cc1ccc(N(CCO)CC(F)(F)F)c(C(F)(F)F)c1. The summed E-state index contributed by atoms with van der Waals surface area (Å²) in [6.07, 6.45) is -9.65. The number of aliphatic hydroxyl groups excluding tert-OH is 1. The third-order valence-electron chi connectivity index (χ3n) is 2.51. The first-order chi connectivity index (χ1) is 9.58. The molecule has 0 spiro atoms. The molecule has 0 fully saturated rings. The van der Waals surface area contributed by atoms with Gasteiger partial charge in [-0.15, -0.1) is 0 Å². The van der Waals surface area contributed by atoms with Crippen molar-refractivity contribution in [3.63, 3.8) is 0 Å². The third kappa shape index (κ3) is 4.82. The molecule has 0 saturated heterocycles. The predicted molar refractivity (Wildman–Crippen MR) is 61.5 cm³/mol. The molecule has 1 N–H and O–H groups in total. The predicted octanol–water partition coefficient (Wildman–Crippen LogP) is 2.94. The molecule has 0 atom stereocenters. The van der Waals surface area contributed by atoms with E-state index in [1.54, 1.807) is 0 Å². The summed E-state index contributed by atoms with van der Waals surface area (Å²) in [5.41, 5.74) is -2.39. The maximum Gasteiger partial charge on any atom is 0.418 e. The van der Waals surface area contributed by atoms with Crippen molar-refractivity contribution in [2.45, 2.75) is 12.4 Å². The maximum atomic E-state index is 12.9. The Morgan fingerprint density at radius 1 is 1.14 bits per heavy atom. The van der Waals surface area contributed by atoms with Crippen LogP contribution in [0.1, 0.15) is 11.1 Å². The number of halogens is 6. The molecule has 0 saturated carbocycles. The van der Waals surface area contributed by atoms with E-state index in [9.17, 15) is 26.3 Å². The molecule has 0 aliphatic carbocycles. The van der Waals surface area contributed by atoms with Crippen molar-refractivity contribution in [2.24, 2.45) is 0 Å². The fourth-order valence-electron chi connectivity index (χ4n) is 1.73. The molecule has 3 nitrogen and oxygen atoms in total. The van der Waals surface area contributed by atoms with E-state index in [0.717, 1.165) is 12.1 Å². The first-order valence-electron chi connectivity index (χ1n) is 5.62. The molecular formula is C12H10F6N2O. The highest BCUT2D eigenvalue weighted by atomic mass is 19.4. The highest BCUT2D eigenvalue weighted by molar-refractivity contribution is 5.58. The van der Waals surface area contributed by atoms with Crippen molar-refractivity contribution in [1.29, 1.82) is 5.26 Å². The Hall–Kier alpha value is -1.95. The Morgan fingerprint density at radius 3 is 2.19 bits per heavy atom. The third-order valence-corrected chi connectivity index (χ3v) is 2.51. The molecule has 1 aromatic carbocycles. The van der Waals surface area contributed by atoms with Crippen LogP contribution in [0.5, 0.6) is 0 Å². The number of alkyl halides is 6. The number of rotatable bonds is 4. The van der Waals surface area contributed by atoms with E-state index in [1.807, 2.05) is 0 Å². The topological polar surface area (TPSA) is 47.3 Å². The van der Waals surface area contributed by atoms with E-state index < -0.39 is 43.3 Å². The standard InChI is InChI=1S/C12H10F6N2O/c13-11(14,15)7-20(3-4-21)10-2-1-8(6-19)5-9(10)12(16,17)18/h1-2,5,21H,3-4,7H2. The molecule has 0 radical (unpaired) electrons. The summed E-state index contributed by atoms with van der Waals surface area (Å²) < 4.78 is 76.0. The van der Waals surface area contributed by atoms with Gasteiger partial charge in [0.25, 0.3) is 0 Å². The van der Waals surface area contributed by atoms with E-state index in [0.29, 0.717) is 11.0 Å². The van der Waals surface area contributed by atoms with E-state index >= 15 is 0 Å². The van der Waals surface area contributed by atoms with Gasteiger partial charge in [0.2, 0.25) is 0 Å². The first-order valence-corrected chi connectivity index (χ1v) is 5.62. The Bertz CT molecular complexity index is 532. The van der Waals surface area contributed by atoms with E-state index in [1.165, 1.54) is 6.07 Å². The molecule has 0 amide bonds. The Labute approximate surface area is 116 Å². The van der Waals surface area contributed by atoms with Crippen molar-refractivity contribution in [3.05, 3.63) is 29.3 Å². The van der Waals surface area contributed by atoms with Gasteiger partial charge in [0.1, 0.15) is 6.54 Å². The summed E-state index contributed by atoms with van der Waals surface area (Å²) in [6.45, 7) is -3.00. The zero-order chi connectivity index (χ0) is 16.3. The zero-order valence-corrected chi connectivity index (χ0v) is 10.5. The number of hydrogen-bond donors (Lipinski definition) is 1. The highest BCUT2D eigenvalue weighted by Gasteiger charge is 2.38. The number of nitriles is 1. The molecule has 0 unspecified atom stereocenters. The van der Waals surface area contributed by atoms with Gasteiger partial charge in [-0.2, -0.15) is 31.6 Å². The molecule has 0 aliphatic heterocycles. The smallest absolute Gasteiger partial charge is 0.395 e. The molecule has 1 rings (SSSR count). The monoisotopic (exact) mass is 312 g/mol. The normalized spacial score (nSPS) is 12.1. The van der Waals surface area contributed by atoms with Crippen LogP contribution in [-0.4, -0.2) is 31.0 Å². The second-order valence-electron chi connectivity index (χ2n) is 4.10. The minimum atomic E-state index is -4.92. The second-order valence-corrected chi connectivity index (χ2v) is 4.10. The maximum absolute atomic E-state index is 12.9. The van der Waals surface area contributed by atoms with Gasteiger partial charge in [0.05, 0.1) is 23.8 Å². The van der Waals surface area contributed by atoms with Gasteiger partial charge in [-0.3, -0.25) is 0 Å². The van der Waals surface area contributed by atoms with Crippen LogP contribution in [0.2, 0.25) is 0 Å². The fourth-order valence-corrected chi connectivity index (χ4v) is 1.73. The van der Waals surface area contributed by atoms with Gasteiger partial charge in [-0.1, -0.05) is 0 Å². The van der Waals surface area contributed by atoms with Gasteiger partial charge >= 0.3 is 12.4 Å². The number of aliphatic hydroxyl groups is 1. The van der Waals surface area contributed by atoms with Crippen LogP contribution in [0.3, 0.4) is 0 Å². The molecule has 0 heterocycles. The fraction of sp³-hybridized carbons (Fsp3) is 0.417. The summed E-state index contributed by atoms with van der Waals surface area (Å²) in [5.74, 6) is 0. The number of benzene rings is 1. The largest absolute Gasteiger partial charge is 0.418 e. The summed E-state index contributed by atoms with van der Waals surface area (Å²) in [4.78, 5) is 0.379. The van der Waals surface area contributed by atoms with Crippen molar-refractivity contribution < 1.29 is 31.4 Å². The summed E-state index contributed by atoms with van der Waals surface area (Å²) in [7, 11) is 0. The molecule has 9 heteroatoms. The van der Waals surface area contributed by atoms with Crippen molar-refractivity contribution in [3.8, 4) is 6.07 Å². The Balaban J connectivity index is 3.34. The lowest BCUT2D eigenvalue weighted by atomic mass is 10.1. The average molecular weight is 312 g/mol. The van der Waals surface area contributed by atoms with Crippen LogP contribution in [0, 0.1) is 11.3 Å². The van der Waals surface area contributed by atoms with E-state index in [2.05, 4.69) is 0 Å². The zero-order valence-electron chi connectivity index (χ0n) is 10.5. The van der Waals surface area contributed by atoms with E-state index in [4.69, 9.17) is 10.4 Å². The average Bonchev–Trinajstić information content (AvgIpc) is 2.35. The van der Waals surface area contributed by atoms with Crippen LogP contribution in [0.25, 0.3) is 0 Å². The summed E-state index contributed by atoms with van der Waals surface area (Å²) in [6, 6.07) is 3.76. The lowest BCUT2D eigenvalue weighted by molar-refractivity contribution is -0.138. The molecule has 21 heavy (non-hydrogen) atoms. The van der Waals surface area contributed by atoms with Gasteiger partial charge in [-0.05, 0) is 18.2 Å². The quantitative estimate of drug-likeness (QED) is 0.870. The van der Waals surface area contributed by atoms with Crippen LogP contribution < -0.4 is 4.90 Å². The first kappa shape index (κ1) is 17.1. The van der Waals surface area contributed by atoms with Gasteiger partial charge in [0.15, 0.2) is 0 Å². The van der Waals surface area contributed by atoms with Gasteiger partial charge in [0, 0.05) is 12.2 Å².